The Labute approximate surface area is 80.1 Å². The van der Waals surface area contributed by atoms with E-state index in [0.29, 0.717) is 0 Å². The molecule has 0 aliphatic rings. The topological polar surface area (TPSA) is 63.3 Å². The first kappa shape index (κ1) is 13.2. The van der Waals surface area contributed by atoms with Gasteiger partial charge in [0.1, 0.15) is 0 Å². The minimum absolute atomic E-state index is 0.0352. The van der Waals surface area contributed by atoms with Crippen molar-refractivity contribution in [1.82, 2.24) is 0 Å². The minimum atomic E-state index is -4.25. The molecule has 0 aromatic carbocycles. The van der Waals surface area contributed by atoms with Crippen molar-refractivity contribution in [2.24, 2.45) is 17.6 Å². The Kier molecular flexibility index (Phi) is 4.90. The molecule has 3 nitrogen and oxygen atoms in total. The lowest BCUT2D eigenvalue weighted by Gasteiger charge is -2.17. The van der Waals surface area contributed by atoms with E-state index < -0.39 is 24.0 Å². The highest BCUT2D eigenvalue weighted by atomic mass is 19.4. The van der Waals surface area contributed by atoms with Gasteiger partial charge < -0.3 is 10.8 Å². The summed E-state index contributed by atoms with van der Waals surface area (Å²) in [6, 6.07) is 0. The van der Waals surface area contributed by atoms with Gasteiger partial charge in [0, 0.05) is 6.54 Å². The number of hydrogen-bond donors (Lipinski definition) is 2. The van der Waals surface area contributed by atoms with Crippen molar-refractivity contribution >= 4 is 5.97 Å². The highest BCUT2D eigenvalue weighted by Gasteiger charge is 2.36. The van der Waals surface area contributed by atoms with Gasteiger partial charge >= 0.3 is 12.1 Å². The van der Waals surface area contributed by atoms with Crippen molar-refractivity contribution in [1.29, 1.82) is 0 Å². The predicted molar refractivity (Wildman–Crippen MR) is 44.6 cm³/mol. The maximum absolute atomic E-state index is 12.0. The second-order valence-corrected chi connectivity index (χ2v) is 3.29. The Bertz CT molecular complexity index is 194. The fourth-order valence-corrected chi connectivity index (χ4v) is 0.957. The first-order valence-electron chi connectivity index (χ1n) is 4.28. The summed E-state index contributed by atoms with van der Waals surface area (Å²) < 4.78 is 36.1. The second-order valence-electron chi connectivity index (χ2n) is 3.29. The zero-order chi connectivity index (χ0) is 11.4. The standard InChI is InChI=1S/C8H14F3NO2/c1-5(8(9,10)11)2-3-6(4-12)7(13)14/h5-6H,2-4,12H2,1H3,(H,13,14). The monoisotopic (exact) mass is 213 g/mol. The molecule has 84 valence electrons. The van der Waals surface area contributed by atoms with Crippen molar-refractivity contribution in [2.75, 3.05) is 6.54 Å². The molecule has 2 unspecified atom stereocenters. The van der Waals surface area contributed by atoms with Gasteiger partial charge in [-0.25, -0.2) is 0 Å². The largest absolute Gasteiger partial charge is 0.481 e. The van der Waals surface area contributed by atoms with Crippen LogP contribution in [0.2, 0.25) is 0 Å². The van der Waals surface area contributed by atoms with E-state index in [1.165, 1.54) is 0 Å². The molecule has 0 aliphatic carbocycles. The van der Waals surface area contributed by atoms with Gasteiger partial charge in [-0.05, 0) is 12.8 Å². The van der Waals surface area contributed by atoms with Crippen LogP contribution < -0.4 is 5.73 Å². The summed E-state index contributed by atoms with van der Waals surface area (Å²) in [5, 5.41) is 8.53. The smallest absolute Gasteiger partial charge is 0.391 e. The molecule has 0 radical (unpaired) electrons. The molecule has 2 atom stereocenters. The van der Waals surface area contributed by atoms with Crippen LogP contribution in [-0.2, 0) is 4.79 Å². The number of nitrogens with two attached hydrogens (primary N) is 1. The first-order chi connectivity index (χ1) is 6.29. The van der Waals surface area contributed by atoms with E-state index in [4.69, 9.17) is 10.8 Å². The third kappa shape index (κ3) is 4.45. The lowest BCUT2D eigenvalue weighted by molar-refractivity contribution is -0.172. The molecule has 6 heteroatoms. The molecule has 0 amide bonds. The molecular weight excluding hydrogens is 199 g/mol. The Morgan fingerprint density at radius 1 is 1.43 bits per heavy atom. The average Bonchev–Trinajstić information content (AvgIpc) is 2.02. The predicted octanol–water partition coefficient (Wildman–Crippen LogP) is 1.62. The van der Waals surface area contributed by atoms with Gasteiger partial charge in [0.25, 0.3) is 0 Å². The quantitative estimate of drug-likeness (QED) is 0.729. The van der Waals surface area contributed by atoms with Gasteiger partial charge in [0.15, 0.2) is 0 Å². The molecule has 3 N–H and O–H groups in total. The summed E-state index contributed by atoms with van der Waals surface area (Å²) in [5.74, 6) is -3.49. The number of halogens is 3. The molecule has 0 rings (SSSR count). The molecular formula is C8H14F3NO2. The number of alkyl halides is 3. The van der Waals surface area contributed by atoms with E-state index in [2.05, 4.69) is 0 Å². The van der Waals surface area contributed by atoms with Crippen LogP contribution in [0.15, 0.2) is 0 Å². The van der Waals surface area contributed by atoms with E-state index in [1.807, 2.05) is 0 Å². The first-order valence-corrected chi connectivity index (χ1v) is 4.28. The van der Waals surface area contributed by atoms with Gasteiger partial charge in [-0.1, -0.05) is 6.92 Å². The van der Waals surface area contributed by atoms with E-state index in [1.54, 1.807) is 0 Å². The van der Waals surface area contributed by atoms with E-state index in [9.17, 15) is 18.0 Å². The number of aliphatic carboxylic acids is 1. The molecule has 0 spiro atoms. The van der Waals surface area contributed by atoms with Crippen molar-refractivity contribution in [2.45, 2.75) is 25.9 Å². The third-order valence-corrected chi connectivity index (χ3v) is 2.14. The molecule has 0 heterocycles. The number of carbonyl (C=O) groups is 1. The molecule has 0 aliphatic heterocycles. The maximum atomic E-state index is 12.0. The highest BCUT2D eigenvalue weighted by molar-refractivity contribution is 5.70. The van der Waals surface area contributed by atoms with Crippen molar-refractivity contribution in [3.05, 3.63) is 0 Å². The van der Waals surface area contributed by atoms with Gasteiger partial charge in [-0.3, -0.25) is 4.79 Å². The molecule has 0 aromatic heterocycles. The number of hydrogen-bond acceptors (Lipinski definition) is 2. The third-order valence-electron chi connectivity index (χ3n) is 2.14. The van der Waals surface area contributed by atoms with Crippen LogP contribution in [0.4, 0.5) is 13.2 Å². The van der Waals surface area contributed by atoms with Gasteiger partial charge in [-0.15, -0.1) is 0 Å². The summed E-state index contributed by atoms with van der Waals surface area (Å²) in [4.78, 5) is 10.4. The van der Waals surface area contributed by atoms with Crippen LogP contribution in [0.25, 0.3) is 0 Å². The normalized spacial score (nSPS) is 16.4. The Balaban J connectivity index is 3.98. The summed E-state index contributed by atoms with van der Waals surface area (Å²) in [6.45, 7) is 0.912. The molecule has 0 fully saturated rings. The van der Waals surface area contributed by atoms with Crippen LogP contribution in [0, 0.1) is 11.8 Å². The molecule has 0 bridgehead atoms. The van der Waals surface area contributed by atoms with Gasteiger partial charge in [0.2, 0.25) is 0 Å². The van der Waals surface area contributed by atoms with Crippen LogP contribution in [0.5, 0.6) is 0 Å². The Hall–Kier alpha value is -0.780. The Morgan fingerprint density at radius 2 is 1.93 bits per heavy atom. The molecule has 0 aromatic rings. The van der Waals surface area contributed by atoms with E-state index in [-0.39, 0.29) is 19.4 Å². The van der Waals surface area contributed by atoms with Crippen LogP contribution in [0.1, 0.15) is 19.8 Å². The number of rotatable bonds is 5. The lowest BCUT2D eigenvalue weighted by atomic mass is 9.96. The van der Waals surface area contributed by atoms with Crippen LogP contribution >= 0.6 is 0 Å². The van der Waals surface area contributed by atoms with Crippen LogP contribution in [0.3, 0.4) is 0 Å². The zero-order valence-electron chi connectivity index (χ0n) is 7.84. The van der Waals surface area contributed by atoms with E-state index >= 15 is 0 Å². The van der Waals surface area contributed by atoms with Gasteiger partial charge in [0.05, 0.1) is 11.8 Å². The van der Waals surface area contributed by atoms with Crippen LogP contribution in [-0.4, -0.2) is 23.8 Å². The van der Waals surface area contributed by atoms with Crippen molar-refractivity contribution in [3.8, 4) is 0 Å². The zero-order valence-corrected chi connectivity index (χ0v) is 7.84. The summed E-state index contributed by atoms with van der Waals surface area (Å²) in [7, 11) is 0. The fourth-order valence-electron chi connectivity index (χ4n) is 0.957. The maximum Gasteiger partial charge on any atom is 0.391 e. The number of carboxylic acid groups (broad SMARTS) is 1. The Morgan fingerprint density at radius 3 is 2.21 bits per heavy atom. The summed E-state index contributed by atoms with van der Waals surface area (Å²) >= 11 is 0. The molecule has 14 heavy (non-hydrogen) atoms. The second kappa shape index (κ2) is 5.19. The van der Waals surface area contributed by atoms with E-state index in [0.717, 1.165) is 6.92 Å². The molecule has 0 saturated heterocycles. The highest BCUT2D eigenvalue weighted by Crippen LogP contribution is 2.30. The lowest BCUT2D eigenvalue weighted by Crippen LogP contribution is -2.26. The SMILES string of the molecule is CC(CCC(CN)C(=O)O)C(F)(F)F. The summed E-state index contributed by atoms with van der Waals surface area (Å²) in [5.41, 5.74) is 5.11. The number of carboxylic acids is 1. The van der Waals surface area contributed by atoms with Crippen molar-refractivity contribution in [3.63, 3.8) is 0 Å². The average molecular weight is 213 g/mol. The van der Waals surface area contributed by atoms with Crippen molar-refractivity contribution < 1.29 is 23.1 Å². The minimum Gasteiger partial charge on any atom is -0.481 e. The molecule has 0 saturated carbocycles. The fraction of sp³-hybridized carbons (Fsp3) is 0.875. The van der Waals surface area contributed by atoms with Gasteiger partial charge in [-0.2, -0.15) is 13.2 Å². The summed E-state index contributed by atoms with van der Waals surface area (Å²) in [6.07, 6.45) is -4.48.